The summed E-state index contributed by atoms with van der Waals surface area (Å²) in [5.41, 5.74) is 3.30. The van der Waals surface area contributed by atoms with Crippen LogP contribution in [0.2, 0.25) is 0 Å². The molecule has 0 radical (unpaired) electrons. The van der Waals surface area contributed by atoms with Gasteiger partial charge in [0.1, 0.15) is 0 Å². The van der Waals surface area contributed by atoms with Crippen LogP contribution in [0, 0.1) is 0 Å². The lowest BCUT2D eigenvalue weighted by Crippen LogP contribution is -2.03. The van der Waals surface area contributed by atoms with Crippen molar-refractivity contribution >= 4 is 11.8 Å². The fraction of sp³-hybridized carbons (Fsp3) is 0.440. The van der Waals surface area contributed by atoms with Crippen LogP contribution in [0.25, 0.3) is 0 Å². The van der Waals surface area contributed by atoms with Gasteiger partial charge in [-0.05, 0) is 36.8 Å². The third kappa shape index (κ3) is 10.7. The number of carbonyl (C=O) groups is 2. The molecule has 28 heavy (non-hydrogen) atoms. The third-order valence-corrected chi connectivity index (χ3v) is 4.57. The molecule has 1 N–H and O–H groups in total. The maximum atomic E-state index is 11.7. The first-order chi connectivity index (χ1) is 13.6. The van der Waals surface area contributed by atoms with Crippen molar-refractivity contribution in [1.82, 2.24) is 0 Å². The number of aryl methyl sites for hydroxylation is 2. The maximum absolute atomic E-state index is 11.7. The number of carboxylic acids is 1. The number of carboxylic acid groups (broad SMARTS) is 1. The fourth-order valence-electron chi connectivity index (χ4n) is 2.83. The highest BCUT2D eigenvalue weighted by molar-refractivity contribution is 5.97. The van der Waals surface area contributed by atoms with Crippen LogP contribution < -0.4 is 0 Å². The Morgan fingerprint density at radius 1 is 0.714 bits per heavy atom. The molecule has 0 amide bonds. The van der Waals surface area contributed by atoms with Crippen molar-refractivity contribution in [1.29, 1.82) is 0 Å². The molecule has 0 atom stereocenters. The summed E-state index contributed by atoms with van der Waals surface area (Å²) in [5.74, 6) is -1.03. The van der Waals surface area contributed by atoms with Gasteiger partial charge < -0.3 is 5.11 Å². The molecule has 3 heteroatoms. The Balaban J connectivity index is 0.000000330. The van der Waals surface area contributed by atoms with Crippen LogP contribution in [-0.2, 0) is 17.6 Å². The summed E-state index contributed by atoms with van der Waals surface area (Å²) >= 11 is 0. The van der Waals surface area contributed by atoms with E-state index in [9.17, 15) is 9.59 Å². The standard InChI is InChI=1S/C15H20O3.C10H14/c1-2-3-4-5-12-6-8-13(9-7-12)14(16)10-11-15(17)18;1-2-3-7-10-8-5-4-6-9-10/h6-9H,2-5,10-11H2,1H3,(H,17,18);4-6,8-9H,2-3,7H2,1H3. The first kappa shape index (κ1) is 23.6. The topological polar surface area (TPSA) is 54.4 Å². The first-order valence-electron chi connectivity index (χ1n) is 10.4. The average Bonchev–Trinajstić information content (AvgIpc) is 2.72. The lowest BCUT2D eigenvalue weighted by Gasteiger charge is -2.03. The smallest absolute Gasteiger partial charge is 0.303 e. The van der Waals surface area contributed by atoms with Gasteiger partial charge in [0.05, 0.1) is 6.42 Å². The molecule has 0 fully saturated rings. The normalized spacial score (nSPS) is 10.1. The lowest BCUT2D eigenvalue weighted by molar-refractivity contribution is -0.136. The number of hydrogen-bond acceptors (Lipinski definition) is 2. The second-order valence-corrected chi connectivity index (χ2v) is 7.06. The largest absolute Gasteiger partial charge is 0.481 e. The number of ketones is 1. The Morgan fingerprint density at radius 3 is 1.86 bits per heavy atom. The number of aliphatic carboxylic acids is 1. The third-order valence-electron chi connectivity index (χ3n) is 4.57. The van der Waals surface area contributed by atoms with E-state index in [1.54, 1.807) is 12.1 Å². The Bertz CT molecular complexity index is 675. The quantitative estimate of drug-likeness (QED) is 0.357. The van der Waals surface area contributed by atoms with Gasteiger partial charge >= 0.3 is 5.97 Å². The molecule has 0 saturated carbocycles. The van der Waals surface area contributed by atoms with Gasteiger partial charge in [-0.1, -0.05) is 87.7 Å². The molecular formula is C25H34O3. The molecule has 0 aliphatic rings. The lowest BCUT2D eigenvalue weighted by atomic mass is 10.0. The van der Waals surface area contributed by atoms with Gasteiger partial charge in [-0.25, -0.2) is 0 Å². The van der Waals surface area contributed by atoms with Crippen LogP contribution in [0.3, 0.4) is 0 Å². The number of unbranched alkanes of at least 4 members (excludes halogenated alkanes) is 3. The SMILES string of the molecule is CCCCCc1ccc(C(=O)CCC(=O)O)cc1.CCCCc1ccccc1. The Kier molecular flexibility index (Phi) is 12.3. The van der Waals surface area contributed by atoms with E-state index in [2.05, 4.69) is 44.2 Å². The van der Waals surface area contributed by atoms with E-state index < -0.39 is 5.97 Å². The summed E-state index contributed by atoms with van der Waals surface area (Å²) in [6.45, 7) is 4.40. The van der Waals surface area contributed by atoms with Gasteiger partial charge in [-0.15, -0.1) is 0 Å². The second-order valence-electron chi connectivity index (χ2n) is 7.06. The summed E-state index contributed by atoms with van der Waals surface area (Å²) in [7, 11) is 0. The molecule has 2 aromatic carbocycles. The first-order valence-corrected chi connectivity index (χ1v) is 10.4. The summed E-state index contributed by atoms with van der Waals surface area (Å²) in [6, 6.07) is 18.2. The van der Waals surface area contributed by atoms with Gasteiger partial charge in [-0.2, -0.15) is 0 Å². The fourth-order valence-corrected chi connectivity index (χ4v) is 2.83. The van der Waals surface area contributed by atoms with Crippen molar-refractivity contribution in [3.05, 3.63) is 71.3 Å². The number of hydrogen-bond donors (Lipinski definition) is 1. The van der Waals surface area contributed by atoms with Crippen molar-refractivity contribution < 1.29 is 14.7 Å². The highest BCUT2D eigenvalue weighted by Crippen LogP contribution is 2.11. The molecule has 0 bridgehead atoms. The number of benzene rings is 2. The summed E-state index contributed by atoms with van der Waals surface area (Å²) in [6.07, 6.45) is 8.43. The van der Waals surface area contributed by atoms with Gasteiger partial charge in [0, 0.05) is 12.0 Å². The minimum absolute atomic E-state index is 0.0739. The average molecular weight is 383 g/mol. The van der Waals surface area contributed by atoms with Crippen LogP contribution in [0.4, 0.5) is 0 Å². The van der Waals surface area contributed by atoms with Gasteiger partial charge in [0.2, 0.25) is 0 Å². The van der Waals surface area contributed by atoms with Crippen molar-refractivity contribution in [2.75, 3.05) is 0 Å². The highest BCUT2D eigenvalue weighted by Gasteiger charge is 2.08. The molecule has 0 saturated heterocycles. The second kappa shape index (κ2) is 14.6. The van der Waals surface area contributed by atoms with E-state index in [1.165, 1.54) is 49.7 Å². The van der Waals surface area contributed by atoms with E-state index in [-0.39, 0.29) is 18.6 Å². The van der Waals surface area contributed by atoms with Crippen LogP contribution in [0.1, 0.15) is 80.3 Å². The van der Waals surface area contributed by atoms with E-state index >= 15 is 0 Å². The minimum Gasteiger partial charge on any atom is -0.481 e. The van der Waals surface area contributed by atoms with Gasteiger partial charge in [0.15, 0.2) is 5.78 Å². The Hall–Kier alpha value is -2.42. The van der Waals surface area contributed by atoms with Crippen LogP contribution in [0.5, 0.6) is 0 Å². The highest BCUT2D eigenvalue weighted by atomic mass is 16.4. The molecule has 0 aromatic heterocycles. The molecule has 0 heterocycles. The van der Waals surface area contributed by atoms with E-state index in [4.69, 9.17) is 5.11 Å². The van der Waals surface area contributed by atoms with Crippen LogP contribution in [-0.4, -0.2) is 16.9 Å². The molecule has 0 aliphatic carbocycles. The van der Waals surface area contributed by atoms with Crippen molar-refractivity contribution in [2.45, 2.75) is 71.6 Å². The van der Waals surface area contributed by atoms with Crippen molar-refractivity contribution in [2.24, 2.45) is 0 Å². The molecular weight excluding hydrogens is 348 g/mol. The molecule has 2 rings (SSSR count). The summed E-state index contributed by atoms with van der Waals surface area (Å²) < 4.78 is 0. The number of carbonyl (C=O) groups excluding carboxylic acids is 1. The molecule has 2 aromatic rings. The molecule has 3 nitrogen and oxygen atoms in total. The number of Topliss-reactive ketones (excluding diaryl/α,β-unsaturated/α-hetero) is 1. The van der Waals surface area contributed by atoms with Crippen LogP contribution >= 0.6 is 0 Å². The monoisotopic (exact) mass is 382 g/mol. The maximum Gasteiger partial charge on any atom is 0.303 e. The summed E-state index contributed by atoms with van der Waals surface area (Å²) in [5, 5.41) is 8.52. The van der Waals surface area contributed by atoms with E-state index in [0.29, 0.717) is 5.56 Å². The number of rotatable bonds is 11. The zero-order chi connectivity index (χ0) is 20.6. The molecule has 0 spiro atoms. The predicted octanol–water partition coefficient (Wildman–Crippen LogP) is 6.50. The van der Waals surface area contributed by atoms with Crippen LogP contribution in [0.15, 0.2) is 54.6 Å². The van der Waals surface area contributed by atoms with E-state index in [0.717, 1.165) is 6.42 Å². The van der Waals surface area contributed by atoms with Crippen molar-refractivity contribution in [3.8, 4) is 0 Å². The summed E-state index contributed by atoms with van der Waals surface area (Å²) in [4.78, 5) is 22.0. The predicted molar refractivity (Wildman–Crippen MR) is 116 cm³/mol. The molecule has 152 valence electrons. The Labute approximate surface area is 169 Å². The zero-order valence-electron chi connectivity index (χ0n) is 17.3. The van der Waals surface area contributed by atoms with E-state index in [1.807, 2.05) is 12.1 Å². The molecule has 0 aliphatic heterocycles. The minimum atomic E-state index is -0.931. The van der Waals surface area contributed by atoms with Gasteiger partial charge in [0.25, 0.3) is 0 Å². The molecule has 0 unspecified atom stereocenters. The Morgan fingerprint density at radius 2 is 1.29 bits per heavy atom. The van der Waals surface area contributed by atoms with Gasteiger partial charge in [-0.3, -0.25) is 9.59 Å². The zero-order valence-corrected chi connectivity index (χ0v) is 17.3. The van der Waals surface area contributed by atoms with Crippen molar-refractivity contribution in [3.63, 3.8) is 0 Å².